The SMILES string of the molecule is Clc1ccc(Br)c(C(Cl)c2cc(Cl)cc3c2OCC3)c1. The van der Waals surface area contributed by atoms with Crippen molar-refractivity contribution in [2.45, 2.75) is 11.8 Å². The molecule has 1 atom stereocenters. The van der Waals surface area contributed by atoms with E-state index in [4.69, 9.17) is 39.5 Å². The van der Waals surface area contributed by atoms with E-state index >= 15 is 0 Å². The van der Waals surface area contributed by atoms with Gasteiger partial charge < -0.3 is 4.74 Å². The van der Waals surface area contributed by atoms with E-state index in [2.05, 4.69) is 15.9 Å². The Morgan fingerprint density at radius 1 is 1.05 bits per heavy atom. The molecule has 2 aromatic carbocycles. The van der Waals surface area contributed by atoms with E-state index in [0.29, 0.717) is 16.7 Å². The van der Waals surface area contributed by atoms with E-state index in [1.807, 2.05) is 30.3 Å². The summed E-state index contributed by atoms with van der Waals surface area (Å²) in [5, 5.41) is 0.954. The van der Waals surface area contributed by atoms with Crippen molar-refractivity contribution in [1.82, 2.24) is 0 Å². The van der Waals surface area contributed by atoms with Crippen molar-refractivity contribution < 1.29 is 4.74 Å². The number of alkyl halides is 1. The van der Waals surface area contributed by atoms with E-state index in [-0.39, 0.29) is 5.38 Å². The van der Waals surface area contributed by atoms with Gasteiger partial charge in [0.25, 0.3) is 0 Å². The predicted octanol–water partition coefficient (Wildman–Crippen LogP) is 6.02. The summed E-state index contributed by atoms with van der Waals surface area (Å²) in [7, 11) is 0. The highest BCUT2D eigenvalue weighted by Gasteiger charge is 2.24. The Hall–Kier alpha value is -0.410. The van der Waals surface area contributed by atoms with Crippen molar-refractivity contribution >= 4 is 50.7 Å². The van der Waals surface area contributed by atoms with Crippen LogP contribution in [0.15, 0.2) is 34.8 Å². The molecular weight excluding hydrogens is 382 g/mol. The molecule has 1 aliphatic rings. The molecule has 104 valence electrons. The van der Waals surface area contributed by atoms with Gasteiger partial charge in [-0.2, -0.15) is 0 Å². The fraction of sp³-hybridized carbons (Fsp3) is 0.200. The average Bonchev–Trinajstić information content (AvgIpc) is 2.87. The van der Waals surface area contributed by atoms with Crippen LogP contribution < -0.4 is 4.74 Å². The summed E-state index contributed by atoms with van der Waals surface area (Å²) in [6.07, 6.45) is 0.864. The molecular formula is C15H10BrCl3O. The fourth-order valence-corrected chi connectivity index (χ4v) is 3.74. The molecule has 1 aliphatic heterocycles. The molecule has 0 radical (unpaired) electrons. The molecule has 0 fully saturated rings. The third kappa shape index (κ3) is 2.67. The maximum atomic E-state index is 6.64. The zero-order chi connectivity index (χ0) is 14.3. The molecule has 0 aliphatic carbocycles. The van der Waals surface area contributed by atoms with Gasteiger partial charge in [-0.25, -0.2) is 0 Å². The Balaban J connectivity index is 2.11. The maximum absolute atomic E-state index is 6.64. The number of ether oxygens (including phenoxy) is 1. The van der Waals surface area contributed by atoms with Crippen LogP contribution >= 0.6 is 50.7 Å². The molecule has 0 spiro atoms. The summed E-state index contributed by atoms with van der Waals surface area (Å²) in [4.78, 5) is 0. The van der Waals surface area contributed by atoms with Crippen molar-refractivity contribution in [3.05, 3.63) is 61.5 Å². The van der Waals surface area contributed by atoms with Crippen LogP contribution in [0.4, 0.5) is 0 Å². The van der Waals surface area contributed by atoms with Crippen LogP contribution in [0, 0.1) is 0 Å². The van der Waals surface area contributed by atoms with Crippen molar-refractivity contribution in [3.63, 3.8) is 0 Å². The number of hydrogen-bond acceptors (Lipinski definition) is 1. The topological polar surface area (TPSA) is 9.23 Å². The second-order valence-corrected chi connectivity index (χ2v) is 6.77. The van der Waals surface area contributed by atoms with Crippen LogP contribution in [0.1, 0.15) is 22.1 Å². The van der Waals surface area contributed by atoms with Crippen LogP contribution in [-0.4, -0.2) is 6.61 Å². The number of halogens is 4. The molecule has 1 unspecified atom stereocenters. The molecule has 0 bridgehead atoms. The summed E-state index contributed by atoms with van der Waals surface area (Å²) >= 11 is 22.4. The lowest BCUT2D eigenvalue weighted by atomic mass is 10.0. The summed E-state index contributed by atoms with van der Waals surface area (Å²) in [5.41, 5.74) is 2.89. The summed E-state index contributed by atoms with van der Waals surface area (Å²) in [6, 6.07) is 9.35. The number of benzene rings is 2. The Morgan fingerprint density at radius 3 is 2.60 bits per heavy atom. The van der Waals surface area contributed by atoms with E-state index < -0.39 is 0 Å². The Bertz CT molecular complexity index is 672. The standard InChI is InChI=1S/C15H10BrCl3O/c16-13-2-1-9(17)6-11(13)14(19)12-7-10(18)5-8-3-4-20-15(8)12/h1-2,5-7,14H,3-4H2. The molecule has 2 aromatic rings. The Labute approximate surface area is 140 Å². The zero-order valence-electron chi connectivity index (χ0n) is 10.3. The third-order valence-electron chi connectivity index (χ3n) is 3.28. The zero-order valence-corrected chi connectivity index (χ0v) is 14.2. The van der Waals surface area contributed by atoms with Crippen LogP contribution in [0.3, 0.4) is 0 Å². The van der Waals surface area contributed by atoms with Gasteiger partial charge in [0.2, 0.25) is 0 Å². The van der Waals surface area contributed by atoms with E-state index in [9.17, 15) is 0 Å². The predicted molar refractivity (Wildman–Crippen MR) is 87.5 cm³/mol. The lowest BCUT2D eigenvalue weighted by molar-refractivity contribution is 0.353. The summed E-state index contributed by atoms with van der Waals surface area (Å²) < 4.78 is 6.62. The quantitative estimate of drug-likeness (QED) is 0.568. The highest BCUT2D eigenvalue weighted by atomic mass is 79.9. The van der Waals surface area contributed by atoms with E-state index in [0.717, 1.165) is 33.3 Å². The van der Waals surface area contributed by atoms with Gasteiger partial charge in [-0.05, 0) is 41.5 Å². The number of hydrogen-bond donors (Lipinski definition) is 0. The molecule has 20 heavy (non-hydrogen) atoms. The summed E-state index contributed by atoms with van der Waals surface area (Å²) in [5.74, 6) is 0.848. The highest BCUT2D eigenvalue weighted by Crippen LogP contribution is 2.43. The number of fused-ring (bicyclic) bond motifs is 1. The minimum atomic E-state index is -0.367. The lowest BCUT2D eigenvalue weighted by Crippen LogP contribution is -1.98. The van der Waals surface area contributed by atoms with Crippen LogP contribution in [0.25, 0.3) is 0 Å². The van der Waals surface area contributed by atoms with Crippen LogP contribution in [0.5, 0.6) is 5.75 Å². The van der Waals surface area contributed by atoms with E-state index in [1.165, 1.54) is 0 Å². The number of rotatable bonds is 2. The molecule has 0 saturated heterocycles. The minimum Gasteiger partial charge on any atom is -0.493 e. The normalized spacial score (nSPS) is 14.8. The monoisotopic (exact) mass is 390 g/mol. The first kappa shape index (κ1) is 14.5. The molecule has 1 nitrogen and oxygen atoms in total. The van der Waals surface area contributed by atoms with Gasteiger partial charge >= 0.3 is 0 Å². The first-order valence-corrected chi connectivity index (χ1v) is 8.09. The highest BCUT2D eigenvalue weighted by molar-refractivity contribution is 9.10. The first-order valence-electron chi connectivity index (χ1n) is 6.10. The molecule has 0 saturated carbocycles. The average molecular weight is 393 g/mol. The Morgan fingerprint density at radius 2 is 1.80 bits per heavy atom. The van der Waals surface area contributed by atoms with Gasteiger partial charge in [0, 0.05) is 26.5 Å². The van der Waals surface area contributed by atoms with Gasteiger partial charge in [-0.15, -0.1) is 11.6 Å². The van der Waals surface area contributed by atoms with Gasteiger partial charge in [-0.3, -0.25) is 0 Å². The molecule has 3 rings (SSSR count). The van der Waals surface area contributed by atoms with Crippen molar-refractivity contribution in [3.8, 4) is 5.75 Å². The third-order valence-corrected chi connectivity index (χ3v) is 4.93. The van der Waals surface area contributed by atoms with E-state index in [1.54, 1.807) is 0 Å². The van der Waals surface area contributed by atoms with Crippen molar-refractivity contribution in [1.29, 1.82) is 0 Å². The largest absolute Gasteiger partial charge is 0.493 e. The van der Waals surface area contributed by atoms with Gasteiger partial charge in [-0.1, -0.05) is 39.1 Å². The van der Waals surface area contributed by atoms with Crippen LogP contribution in [-0.2, 0) is 6.42 Å². The molecule has 0 aromatic heterocycles. The molecule has 0 N–H and O–H groups in total. The lowest BCUT2D eigenvalue weighted by Gasteiger charge is -2.16. The first-order chi connectivity index (χ1) is 9.56. The fourth-order valence-electron chi connectivity index (χ4n) is 2.36. The molecule has 5 heteroatoms. The minimum absolute atomic E-state index is 0.367. The second-order valence-electron chi connectivity index (χ2n) is 4.61. The second kappa shape index (κ2) is 5.76. The summed E-state index contributed by atoms with van der Waals surface area (Å²) in [6.45, 7) is 0.670. The van der Waals surface area contributed by atoms with Gasteiger partial charge in [0.05, 0.1) is 12.0 Å². The van der Waals surface area contributed by atoms with Crippen molar-refractivity contribution in [2.75, 3.05) is 6.61 Å². The Kier molecular flexibility index (Phi) is 4.19. The van der Waals surface area contributed by atoms with Gasteiger partial charge in [0.15, 0.2) is 0 Å². The molecule has 1 heterocycles. The molecule has 0 amide bonds. The van der Waals surface area contributed by atoms with Gasteiger partial charge in [0.1, 0.15) is 5.75 Å². The smallest absolute Gasteiger partial charge is 0.127 e. The van der Waals surface area contributed by atoms with Crippen LogP contribution in [0.2, 0.25) is 10.0 Å². The maximum Gasteiger partial charge on any atom is 0.127 e. The van der Waals surface area contributed by atoms with Crippen molar-refractivity contribution in [2.24, 2.45) is 0 Å².